The van der Waals surface area contributed by atoms with Crippen molar-refractivity contribution in [2.75, 3.05) is 13.2 Å². The molecule has 17 heavy (non-hydrogen) atoms. The van der Waals surface area contributed by atoms with Crippen molar-refractivity contribution in [1.82, 2.24) is 4.90 Å². The fourth-order valence-electron chi connectivity index (χ4n) is 3.93. The smallest absolute Gasteiger partial charge is 0.0558 e. The van der Waals surface area contributed by atoms with Crippen molar-refractivity contribution in [2.45, 2.75) is 77.8 Å². The van der Waals surface area contributed by atoms with Crippen LogP contribution in [-0.4, -0.2) is 34.2 Å². The van der Waals surface area contributed by atoms with Gasteiger partial charge >= 0.3 is 0 Å². The molecule has 1 rings (SSSR count). The molecular weight excluding hydrogens is 210 g/mol. The lowest BCUT2D eigenvalue weighted by molar-refractivity contribution is -0.0606. The van der Waals surface area contributed by atoms with Crippen LogP contribution in [0.25, 0.3) is 0 Å². The minimum Gasteiger partial charge on any atom is -0.395 e. The van der Waals surface area contributed by atoms with Crippen LogP contribution in [0.2, 0.25) is 0 Å². The minimum absolute atomic E-state index is 0.225. The molecule has 1 aliphatic heterocycles. The van der Waals surface area contributed by atoms with Gasteiger partial charge in [-0.15, -0.1) is 0 Å². The molecule has 0 atom stereocenters. The topological polar surface area (TPSA) is 23.5 Å². The van der Waals surface area contributed by atoms with Crippen LogP contribution in [-0.2, 0) is 0 Å². The van der Waals surface area contributed by atoms with Gasteiger partial charge in [0.1, 0.15) is 0 Å². The van der Waals surface area contributed by atoms with E-state index in [1.54, 1.807) is 0 Å². The van der Waals surface area contributed by atoms with Gasteiger partial charge in [0.2, 0.25) is 0 Å². The van der Waals surface area contributed by atoms with E-state index in [1.807, 2.05) is 0 Å². The third-order valence-corrected chi connectivity index (χ3v) is 4.33. The number of aliphatic hydroxyl groups is 1. The second-order valence-electron chi connectivity index (χ2n) is 6.92. The largest absolute Gasteiger partial charge is 0.395 e. The highest BCUT2D eigenvalue weighted by Gasteiger charge is 2.44. The predicted octanol–water partition coefficient (Wildman–Crippen LogP) is 3.44. The molecule has 102 valence electrons. The molecule has 1 saturated heterocycles. The maximum atomic E-state index is 9.25. The first-order valence-electron chi connectivity index (χ1n) is 7.22. The van der Waals surface area contributed by atoms with Gasteiger partial charge in [-0.3, -0.25) is 4.90 Å². The van der Waals surface area contributed by atoms with Crippen molar-refractivity contribution in [3.63, 3.8) is 0 Å². The number of likely N-dealkylation sites (tertiary alicyclic amines) is 1. The third kappa shape index (κ3) is 3.69. The molecule has 0 aromatic rings. The van der Waals surface area contributed by atoms with Crippen LogP contribution in [0, 0.1) is 5.92 Å². The van der Waals surface area contributed by atoms with Crippen molar-refractivity contribution in [3.8, 4) is 0 Å². The molecule has 0 bridgehead atoms. The van der Waals surface area contributed by atoms with Gasteiger partial charge in [-0.05, 0) is 46.5 Å². The second kappa shape index (κ2) is 5.71. The summed E-state index contributed by atoms with van der Waals surface area (Å²) < 4.78 is 0. The average Bonchev–Trinajstić information content (AvgIpc) is 2.19. The van der Waals surface area contributed by atoms with Crippen LogP contribution in [0.4, 0.5) is 0 Å². The Balaban J connectivity index is 2.73. The summed E-state index contributed by atoms with van der Waals surface area (Å²) in [6, 6.07) is 0. The lowest BCUT2D eigenvalue weighted by Crippen LogP contribution is -2.61. The normalized spacial score (nSPS) is 25.1. The van der Waals surface area contributed by atoms with Crippen molar-refractivity contribution >= 4 is 0 Å². The number of nitrogens with zero attached hydrogens (tertiary/aromatic N) is 1. The zero-order valence-electron chi connectivity index (χ0n) is 12.4. The first-order chi connectivity index (χ1) is 7.83. The van der Waals surface area contributed by atoms with Crippen LogP contribution in [0.5, 0.6) is 0 Å². The van der Waals surface area contributed by atoms with Crippen molar-refractivity contribution < 1.29 is 5.11 Å². The van der Waals surface area contributed by atoms with Crippen LogP contribution in [0.3, 0.4) is 0 Å². The fourth-order valence-corrected chi connectivity index (χ4v) is 3.93. The second-order valence-corrected chi connectivity index (χ2v) is 6.92. The van der Waals surface area contributed by atoms with Crippen LogP contribution >= 0.6 is 0 Å². The lowest BCUT2D eigenvalue weighted by atomic mass is 9.72. The van der Waals surface area contributed by atoms with Gasteiger partial charge in [-0.2, -0.15) is 0 Å². The van der Waals surface area contributed by atoms with E-state index in [-0.39, 0.29) is 17.7 Å². The standard InChI is InChI=1S/C15H31NO/c1-6-7-8-13-11-14(2,3)16(9-10-17)15(4,5)12-13/h13,17H,6-12H2,1-5H3. The molecule has 0 spiro atoms. The number of piperidine rings is 1. The maximum Gasteiger partial charge on any atom is 0.0558 e. The van der Waals surface area contributed by atoms with Crippen molar-refractivity contribution in [3.05, 3.63) is 0 Å². The van der Waals surface area contributed by atoms with E-state index in [9.17, 15) is 5.11 Å². The number of hydrogen-bond donors (Lipinski definition) is 1. The SMILES string of the molecule is CCCCC1CC(C)(C)N(CCO)C(C)(C)C1. The first-order valence-corrected chi connectivity index (χ1v) is 7.22. The highest BCUT2D eigenvalue weighted by Crippen LogP contribution is 2.42. The van der Waals surface area contributed by atoms with E-state index in [4.69, 9.17) is 0 Å². The van der Waals surface area contributed by atoms with Gasteiger partial charge < -0.3 is 5.11 Å². The molecule has 0 aromatic carbocycles. The predicted molar refractivity (Wildman–Crippen MR) is 74.2 cm³/mol. The van der Waals surface area contributed by atoms with Crippen molar-refractivity contribution in [1.29, 1.82) is 0 Å². The van der Waals surface area contributed by atoms with Gasteiger partial charge in [0, 0.05) is 17.6 Å². The Morgan fingerprint density at radius 1 is 1.12 bits per heavy atom. The molecule has 1 heterocycles. The monoisotopic (exact) mass is 241 g/mol. The number of unbranched alkanes of at least 4 members (excludes halogenated alkanes) is 1. The molecule has 0 aromatic heterocycles. The quantitative estimate of drug-likeness (QED) is 0.797. The molecule has 2 heteroatoms. The molecule has 1 fully saturated rings. The average molecular weight is 241 g/mol. The maximum absolute atomic E-state index is 9.25. The number of β-amino-alcohol motifs (C(OH)–C–C–N with tert-alkyl or cyclic N) is 1. The number of aliphatic hydroxyl groups excluding tert-OH is 1. The molecular formula is C15H31NO. The van der Waals surface area contributed by atoms with E-state index in [2.05, 4.69) is 39.5 Å². The Labute approximate surface area is 107 Å². The Morgan fingerprint density at radius 2 is 1.65 bits per heavy atom. The Hall–Kier alpha value is -0.0800. The summed E-state index contributed by atoms with van der Waals surface area (Å²) in [4.78, 5) is 2.50. The van der Waals surface area contributed by atoms with E-state index in [0.717, 1.165) is 12.5 Å². The molecule has 1 aliphatic rings. The highest BCUT2D eigenvalue weighted by molar-refractivity contribution is 4.99. The summed E-state index contributed by atoms with van der Waals surface area (Å²) in [7, 11) is 0. The zero-order chi connectivity index (χ0) is 13.1. The van der Waals surface area contributed by atoms with Crippen LogP contribution < -0.4 is 0 Å². The highest BCUT2D eigenvalue weighted by atomic mass is 16.3. The van der Waals surface area contributed by atoms with Gasteiger partial charge in [0.05, 0.1) is 6.61 Å². The Bertz CT molecular complexity index is 217. The molecule has 0 aliphatic carbocycles. The Morgan fingerprint density at radius 3 is 2.06 bits per heavy atom. The molecule has 0 amide bonds. The van der Waals surface area contributed by atoms with Gasteiger partial charge in [-0.25, -0.2) is 0 Å². The first kappa shape index (κ1) is 15.0. The molecule has 0 unspecified atom stereocenters. The summed E-state index contributed by atoms with van der Waals surface area (Å²) in [5.41, 5.74) is 0.450. The summed E-state index contributed by atoms with van der Waals surface area (Å²) in [5.74, 6) is 0.856. The van der Waals surface area contributed by atoms with E-state index in [1.165, 1.54) is 32.1 Å². The van der Waals surface area contributed by atoms with Gasteiger partial charge in [0.15, 0.2) is 0 Å². The summed E-state index contributed by atoms with van der Waals surface area (Å²) in [6.07, 6.45) is 6.58. The molecule has 0 radical (unpaired) electrons. The lowest BCUT2D eigenvalue weighted by Gasteiger charge is -2.55. The molecule has 0 saturated carbocycles. The summed E-state index contributed by atoms with van der Waals surface area (Å²) >= 11 is 0. The van der Waals surface area contributed by atoms with Gasteiger partial charge in [-0.1, -0.05) is 26.2 Å². The summed E-state index contributed by atoms with van der Waals surface area (Å²) in [5, 5.41) is 9.25. The molecule has 1 N–H and O–H groups in total. The fraction of sp³-hybridized carbons (Fsp3) is 1.00. The molecule has 2 nitrogen and oxygen atoms in total. The van der Waals surface area contributed by atoms with Gasteiger partial charge in [0.25, 0.3) is 0 Å². The van der Waals surface area contributed by atoms with Crippen LogP contribution in [0.15, 0.2) is 0 Å². The van der Waals surface area contributed by atoms with E-state index < -0.39 is 0 Å². The van der Waals surface area contributed by atoms with Crippen molar-refractivity contribution in [2.24, 2.45) is 5.92 Å². The van der Waals surface area contributed by atoms with Crippen LogP contribution in [0.1, 0.15) is 66.7 Å². The number of hydrogen-bond acceptors (Lipinski definition) is 2. The number of rotatable bonds is 5. The summed E-state index contributed by atoms with van der Waals surface area (Å²) in [6.45, 7) is 12.7. The minimum atomic E-state index is 0.225. The third-order valence-electron chi connectivity index (χ3n) is 4.33. The van der Waals surface area contributed by atoms with E-state index >= 15 is 0 Å². The Kier molecular flexibility index (Phi) is 5.03. The van der Waals surface area contributed by atoms with E-state index in [0.29, 0.717) is 0 Å². The zero-order valence-corrected chi connectivity index (χ0v) is 12.4.